The minimum absolute atomic E-state index is 0.00355. The Morgan fingerprint density at radius 3 is 1.40 bits per heavy atom. The molecule has 5 fully saturated rings. The molecule has 9 N–H and O–H groups in total. The van der Waals surface area contributed by atoms with E-state index in [0.717, 1.165) is 83.8 Å². The lowest BCUT2D eigenvalue weighted by Crippen LogP contribution is -2.36. The summed E-state index contributed by atoms with van der Waals surface area (Å²) in [5, 5.41) is 33.9. The second-order valence-electron chi connectivity index (χ2n) is 26.5. The maximum Gasteiger partial charge on any atom is 0.390 e. The molecule has 0 spiro atoms. The molecule has 5 aliphatic rings. The zero-order chi connectivity index (χ0) is 69.4. The van der Waals surface area contributed by atoms with Gasteiger partial charge in [0.05, 0.1) is 86.0 Å². The molecule has 512 valence electrons. The smallest absolute Gasteiger partial charge is 0.390 e. The maximum atomic E-state index is 14.8. The number of likely N-dealkylation sites (tertiary alicyclic amines) is 1. The fraction of sp³-hybridized carbons (Fsp3) is 0.451. The first-order chi connectivity index (χ1) is 46.7. The predicted molar refractivity (Wildman–Crippen MR) is 359 cm³/mol. The number of halogens is 5. The summed E-state index contributed by atoms with van der Waals surface area (Å²) in [5.74, 6) is 17.9. The van der Waals surface area contributed by atoms with E-state index in [2.05, 4.69) is 98.8 Å². The van der Waals surface area contributed by atoms with Gasteiger partial charge in [0.25, 0.3) is 0 Å². The predicted octanol–water partition coefficient (Wildman–Crippen LogP) is 9.81. The number of anilines is 3. The van der Waals surface area contributed by atoms with Gasteiger partial charge in [-0.2, -0.15) is 13.2 Å². The van der Waals surface area contributed by atoms with E-state index in [0.29, 0.717) is 97.4 Å². The Kier molecular flexibility index (Phi) is 19.5. The lowest BCUT2D eigenvalue weighted by Gasteiger charge is -2.33. The maximum absolute atomic E-state index is 14.8. The number of aliphatic hydroxyl groups is 3. The fourth-order valence-electron chi connectivity index (χ4n) is 12.2. The van der Waals surface area contributed by atoms with Crippen molar-refractivity contribution < 1.29 is 51.5 Å². The number of rotatable bonds is 15. The number of pyridine rings is 3. The largest absolute Gasteiger partial charge is 0.487 e. The van der Waals surface area contributed by atoms with Crippen molar-refractivity contribution in [1.29, 1.82) is 0 Å². The molecule has 3 unspecified atom stereocenters. The quantitative estimate of drug-likeness (QED) is 0.0316. The van der Waals surface area contributed by atoms with Crippen molar-refractivity contribution in [3.63, 3.8) is 0 Å². The third kappa shape index (κ3) is 15.8. The van der Waals surface area contributed by atoms with Crippen LogP contribution < -0.4 is 21.9 Å². The molecule has 2 aliphatic heterocycles. The van der Waals surface area contributed by atoms with Crippen LogP contribution in [0.4, 0.5) is 39.8 Å². The van der Waals surface area contributed by atoms with Gasteiger partial charge in [0.15, 0.2) is 17.4 Å². The summed E-state index contributed by atoms with van der Waals surface area (Å²) < 4.78 is 89.6. The van der Waals surface area contributed by atoms with Gasteiger partial charge in [0.2, 0.25) is 17.8 Å². The molecule has 0 bridgehead atoms. The third-order valence-corrected chi connectivity index (χ3v) is 18.4. The summed E-state index contributed by atoms with van der Waals surface area (Å²) in [5.41, 5.74) is 21.0. The molecule has 2 saturated heterocycles. The van der Waals surface area contributed by atoms with Crippen molar-refractivity contribution in [2.75, 3.05) is 70.4 Å². The van der Waals surface area contributed by atoms with E-state index in [1.807, 2.05) is 38.7 Å². The van der Waals surface area contributed by atoms with Crippen LogP contribution in [0.15, 0.2) is 74.0 Å². The summed E-state index contributed by atoms with van der Waals surface area (Å²) in [6, 6.07) is 5.83. The average molecular weight is 1350 g/mol. The summed E-state index contributed by atoms with van der Waals surface area (Å²) in [6.45, 7) is 12.4. The zero-order valence-electron chi connectivity index (χ0n) is 55.2. The van der Waals surface area contributed by atoms with E-state index < -0.39 is 41.0 Å². The number of fused-ring (bicyclic) bond motifs is 3. The number of hydrogen-bond acceptors (Lipinski definition) is 19. The van der Waals surface area contributed by atoms with Crippen molar-refractivity contribution in [3.8, 4) is 75.0 Å². The highest BCUT2D eigenvalue weighted by molar-refractivity contribution is 5.98. The van der Waals surface area contributed by atoms with Crippen molar-refractivity contribution in [2.24, 2.45) is 17.8 Å². The van der Waals surface area contributed by atoms with Crippen LogP contribution in [-0.2, 0) is 9.47 Å². The van der Waals surface area contributed by atoms with Crippen molar-refractivity contribution >= 4 is 50.6 Å². The number of nitrogens with zero attached hydrogens (tertiary/aromatic N) is 13. The van der Waals surface area contributed by atoms with Crippen molar-refractivity contribution in [2.45, 2.75) is 134 Å². The number of alkyl halides is 3. The van der Waals surface area contributed by atoms with Gasteiger partial charge in [-0.3, -0.25) is 0 Å². The normalized spacial score (nSPS) is 17.7. The van der Waals surface area contributed by atoms with Crippen LogP contribution in [0.5, 0.6) is 5.75 Å². The Hall–Kier alpha value is -9.40. The van der Waals surface area contributed by atoms with E-state index in [1.165, 1.54) is 0 Å². The average Bonchev–Trinajstić information content (AvgIpc) is 1.62. The molecular weight excluding hydrogens is 1270 g/mol. The van der Waals surface area contributed by atoms with Gasteiger partial charge in [-0.05, 0) is 140 Å². The van der Waals surface area contributed by atoms with Gasteiger partial charge < -0.3 is 65.3 Å². The lowest BCUT2D eigenvalue weighted by molar-refractivity contribution is -0.138. The molecule has 3 aliphatic carbocycles. The molecule has 14 rings (SSSR count). The van der Waals surface area contributed by atoms with Gasteiger partial charge in [-0.25, -0.2) is 53.6 Å². The molecule has 9 aromatic rings. The van der Waals surface area contributed by atoms with E-state index in [4.69, 9.17) is 31.4 Å². The van der Waals surface area contributed by atoms with Gasteiger partial charge in [0.1, 0.15) is 57.6 Å². The molecule has 3 saturated carbocycles. The molecule has 9 aromatic heterocycles. The fourth-order valence-corrected chi connectivity index (χ4v) is 12.2. The minimum atomic E-state index is -4.18. The van der Waals surface area contributed by atoms with E-state index in [1.54, 1.807) is 64.8 Å². The second-order valence-corrected chi connectivity index (χ2v) is 26.5. The number of aromatic nitrogens is 12. The Bertz CT molecular complexity index is 4640. The Balaban J connectivity index is 0.000000141. The highest BCUT2D eigenvalue weighted by Gasteiger charge is 2.41. The second kappa shape index (κ2) is 27.8. The lowest BCUT2D eigenvalue weighted by atomic mass is 10.0. The molecular formula is C71H77F5N16O6. The van der Waals surface area contributed by atoms with Crippen LogP contribution in [-0.4, -0.2) is 155 Å². The monoisotopic (exact) mass is 1340 g/mol. The summed E-state index contributed by atoms with van der Waals surface area (Å²) in [7, 11) is 1.62. The summed E-state index contributed by atoms with van der Waals surface area (Å²) in [6.07, 6.45) is 16.7. The Morgan fingerprint density at radius 2 is 0.980 bits per heavy atom. The number of hydrogen-bond donors (Lipinski definition) is 6. The van der Waals surface area contributed by atoms with E-state index in [9.17, 15) is 37.3 Å². The van der Waals surface area contributed by atoms with Crippen LogP contribution in [0.1, 0.15) is 128 Å². The number of piperidine rings is 1. The van der Waals surface area contributed by atoms with Crippen LogP contribution in [0.25, 0.3) is 66.5 Å². The SMILES string of the molecule is CC(O)(C#Cc1cc2c(-c3nc(N)ncc3F)cn(C3CCN(CCC(F)(F)F)CC3)c2cn1)C1CC1.CC(O)(C#Cc1cc2c(-c3nc(N)ncc3F)cn(C3COC3)c2cn1)C1CC1.COCCOc1cnc(N)nc1-c1cn(C(C)C)c2cnc(C#CC(C)(O)C3CC3)cc12. The van der Waals surface area contributed by atoms with Crippen molar-refractivity contribution in [3.05, 3.63) is 103 Å². The highest BCUT2D eigenvalue weighted by atomic mass is 19.4. The standard InChI is InChI=1S/C26H28F4N6O.C24H29N5O3.C21H20FN5O2/c1-25(37,16-2-3-16)7-4-17-12-19-20(23-21(27)13-33-24(31)34-23)15-36(22(19)14-32-17)18-5-9-35(10-6-18)11-8-26(28,29)30;1-15(2)29-14-19(22-21(32-10-9-31-4)13-27-23(25)28-22)18-11-17(26-12-20(18)29)7-8-24(3,30)16-5-6-16;1-21(28,12-2-3-12)5-4-13-6-15-16(19-17(22)7-25-20(23)26-19)9-27(14-10-29-11-14)18(15)8-24-13/h12-16,18,37H,2-3,5-6,8-11H2,1H3,(H2,31,33,34);11-16,30H,5-6,9-10H2,1-4H3,(H2,25,27,28);6-9,12,14,28H,2-3,10-11H2,1H3,(H2,23,25,26). The van der Waals surface area contributed by atoms with Gasteiger partial charge in [-0.15, -0.1) is 0 Å². The number of nitrogen functional groups attached to an aromatic ring is 3. The topological polar surface area (TPSA) is 300 Å². The zero-order valence-corrected chi connectivity index (χ0v) is 55.2. The van der Waals surface area contributed by atoms with Gasteiger partial charge in [0, 0.05) is 90.3 Å². The van der Waals surface area contributed by atoms with E-state index >= 15 is 0 Å². The first-order valence-electron chi connectivity index (χ1n) is 32.7. The van der Waals surface area contributed by atoms with Crippen molar-refractivity contribution in [1.82, 2.24) is 63.5 Å². The first-order valence-corrected chi connectivity index (χ1v) is 32.7. The number of nitrogens with two attached hydrogens (primary N) is 3. The molecule has 22 nitrogen and oxygen atoms in total. The molecule has 3 atom stereocenters. The van der Waals surface area contributed by atoms with Gasteiger partial charge >= 0.3 is 6.18 Å². The van der Waals surface area contributed by atoms with Crippen LogP contribution in [0, 0.1) is 64.9 Å². The number of methoxy groups -OCH3 is 1. The summed E-state index contributed by atoms with van der Waals surface area (Å²) >= 11 is 0. The van der Waals surface area contributed by atoms with Gasteiger partial charge in [-0.1, -0.05) is 17.8 Å². The Morgan fingerprint density at radius 1 is 0.561 bits per heavy atom. The van der Waals surface area contributed by atoms with Crippen LogP contribution in [0.2, 0.25) is 0 Å². The third-order valence-electron chi connectivity index (χ3n) is 18.4. The molecule has 0 amide bonds. The molecule has 11 heterocycles. The minimum Gasteiger partial charge on any atom is -0.487 e. The Labute approximate surface area is 562 Å². The molecule has 0 aromatic carbocycles. The number of ether oxygens (including phenoxy) is 3. The highest BCUT2D eigenvalue weighted by Crippen LogP contribution is 2.43. The van der Waals surface area contributed by atoms with Crippen LogP contribution in [0.3, 0.4) is 0 Å². The van der Waals surface area contributed by atoms with E-state index in [-0.39, 0.29) is 71.7 Å². The molecule has 98 heavy (non-hydrogen) atoms. The summed E-state index contributed by atoms with van der Waals surface area (Å²) in [4.78, 5) is 39.5. The first kappa shape index (κ1) is 68.5. The molecule has 0 radical (unpaired) electrons. The van der Waals surface area contributed by atoms with Crippen LogP contribution >= 0.6 is 0 Å². The molecule has 27 heteroatoms.